The van der Waals surface area contributed by atoms with E-state index in [1.165, 1.54) is 0 Å². The Morgan fingerprint density at radius 3 is 2.65 bits per heavy atom. The Labute approximate surface area is 155 Å². The Hall–Kier alpha value is -1.63. The van der Waals surface area contributed by atoms with Crippen LogP contribution in [0.3, 0.4) is 0 Å². The Bertz CT molecular complexity index is 679. The highest BCUT2D eigenvalue weighted by atomic mass is 16.5. The molecule has 26 heavy (non-hydrogen) atoms. The quantitative estimate of drug-likeness (QED) is 0.812. The first-order valence-electron chi connectivity index (χ1n) is 9.51. The van der Waals surface area contributed by atoms with Crippen LogP contribution < -0.4 is 4.74 Å². The number of ether oxygens (including phenoxy) is 2. The fourth-order valence-electron chi connectivity index (χ4n) is 4.49. The summed E-state index contributed by atoms with van der Waals surface area (Å²) in [7, 11) is 3.82. The molecule has 0 N–H and O–H groups in total. The molecule has 0 aliphatic carbocycles. The lowest BCUT2D eigenvalue weighted by Gasteiger charge is -2.47. The Morgan fingerprint density at radius 1 is 1.23 bits per heavy atom. The van der Waals surface area contributed by atoms with E-state index in [0.717, 1.165) is 56.1 Å². The van der Waals surface area contributed by atoms with E-state index >= 15 is 0 Å². The summed E-state index contributed by atoms with van der Waals surface area (Å²) in [5.41, 5.74) is 1.51. The van der Waals surface area contributed by atoms with Crippen molar-refractivity contribution in [3.63, 3.8) is 0 Å². The molecule has 1 atom stereocenters. The van der Waals surface area contributed by atoms with Gasteiger partial charge in [0.25, 0.3) is 5.91 Å². The molecule has 3 fully saturated rings. The number of nitrogens with zero attached hydrogens (tertiary/aromatic N) is 3. The van der Waals surface area contributed by atoms with Gasteiger partial charge in [0.05, 0.1) is 26.8 Å². The lowest BCUT2D eigenvalue weighted by Crippen LogP contribution is -2.63. The number of hydrogen-bond acceptors (Lipinski definition) is 5. The first kappa shape index (κ1) is 17.8. The third-order valence-corrected chi connectivity index (χ3v) is 6.22. The number of benzene rings is 1. The summed E-state index contributed by atoms with van der Waals surface area (Å²) in [5.74, 6) is 0.844. The van der Waals surface area contributed by atoms with E-state index in [2.05, 4.69) is 16.8 Å². The van der Waals surface area contributed by atoms with Crippen LogP contribution in [0.2, 0.25) is 0 Å². The van der Waals surface area contributed by atoms with Gasteiger partial charge in [-0.2, -0.15) is 0 Å². The molecule has 6 heteroatoms. The van der Waals surface area contributed by atoms with Crippen molar-refractivity contribution in [2.75, 3.05) is 60.0 Å². The molecule has 1 spiro atoms. The summed E-state index contributed by atoms with van der Waals surface area (Å²) in [5, 5.41) is 0. The maximum absolute atomic E-state index is 12.9. The van der Waals surface area contributed by atoms with E-state index in [1.54, 1.807) is 7.11 Å². The molecule has 0 aromatic heterocycles. The molecule has 3 aliphatic rings. The van der Waals surface area contributed by atoms with Gasteiger partial charge in [-0.05, 0) is 32.5 Å². The summed E-state index contributed by atoms with van der Waals surface area (Å²) in [4.78, 5) is 19.7. The van der Waals surface area contributed by atoms with E-state index in [9.17, 15) is 4.79 Å². The minimum atomic E-state index is -0.129. The molecule has 1 amide bonds. The fourth-order valence-corrected chi connectivity index (χ4v) is 4.49. The van der Waals surface area contributed by atoms with Gasteiger partial charge in [-0.3, -0.25) is 9.69 Å². The minimum absolute atomic E-state index is 0.0821. The molecule has 0 saturated carbocycles. The van der Waals surface area contributed by atoms with Gasteiger partial charge in [0.2, 0.25) is 0 Å². The predicted molar refractivity (Wildman–Crippen MR) is 99.8 cm³/mol. The van der Waals surface area contributed by atoms with E-state index in [4.69, 9.17) is 9.47 Å². The Morgan fingerprint density at radius 2 is 1.96 bits per heavy atom. The molecule has 1 aromatic carbocycles. The van der Waals surface area contributed by atoms with Crippen LogP contribution in [0, 0.1) is 6.92 Å². The zero-order valence-corrected chi connectivity index (χ0v) is 16.0. The van der Waals surface area contributed by atoms with Crippen LogP contribution >= 0.6 is 0 Å². The number of piperazine rings is 1. The van der Waals surface area contributed by atoms with Gasteiger partial charge in [0.1, 0.15) is 11.4 Å². The lowest BCUT2D eigenvalue weighted by atomic mass is 9.88. The van der Waals surface area contributed by atoms with Crippen LogP contribution in [-0.2, 0) is 4.74 Å². The normalized spacial score (nSPS) is 26.1. The van der Waals surface area contributed by atoms with Crippen molar-refractivity contribution in [1.82, 2.24) is 14.7 Å². The number of carbonyl (C=O) groups is 1. The largest absolute Gasteiger partial charge is 0.496 e. The van der Waals surface area contributed by atoms with Crippen molar-refractivity contribution < 1.29 is 14.3 Å². The van der Waals surface area contributed by atoms with Crippen molar-refractivity contribution >= 4 is 5.91 Å². The summed E-state index contributed by atoms with van der Waals surface area (Å²) in [6, 6.07) is 6.15. The van der Waals surface area contributed by atoms with Crippen LogP contribution in [0.5, 0.6) is 5.75 Å². The van der Waals surface area contributed by atoms with Crippen LogP contribution in [-0.4, -0.2) is 92.3 Å². The average Bonchev–Trinajstić information content (AvgIpc) is 3.06. The fraction of sp³-hybridized carbons (Fsp3) is 0.650. The molecule has 0 bridgehead atoms. The molecule has 0 radical (unpaired) electrons. The smallest absolute Gasteiger partial charge is 0.254 e. The number of carbonyl (C=O) groups excluding carboxylic acids is 1. The predicted octanol–water partition coefficient (Wildman–Crippen LogP) is 1.23. The van der Waals surface area contributed by atoms with Crippen molar-refractivity contribution in [2.45, 2.75) is 25.0 Å². The van der Waals surface area contributed by atoms with Crippen molar-refractivity contribution in [3.05, 3.63) is 29.3 Å². The second-order valence-corrected chi connectivity index (χ2v) is 7.99. The number of amides is 1. The second-order valence-electron chi connectivity index (χ2n) is 7.99. The van der Waals surface area contributed by atoms with Crippen molar-refractivity contribution in [2.24, 2.45) is 0 Å². The first-order valence-corrected chi connectivity index (χ1v) is 9.51. The summed E-state index contributed by atoms with van der Waals surface area (Å²) in [6.45, 7) is 8.63. The molecule has 1 unspecified atom stereocenters. The molecule has 142 valence electrons. The lowest BCUT2D eigenvalue weighted by molar-refractivity contribution is -0.0951. The highest BCUT2D eigenvalue weighted by Gasteiger charge is 2.52. The maximum Gasteiger partial charge on any atom is 0.254 e. The zero-order valence-electron chi connectivity index (χ0n) is 16.0. The van der Waals surface area contributed by atoms with Crippen LogP contribution in [0.4, 0.5) is 0 Å². The van der Waals surface area contributed by atoms with Gasteiger partial charge in [-0.25, -0.2) is 0 Å². The number of rotatable bonds is 3. The van der Waals surface area contributed by atoms with Crippen LogP contribution in [0.25, 0.3) is 0 Å². The van der Waals surface area contributed by atoms with E-state index in [-0.39, 0.29) is 11.5 Å². The highest BCUT2D eigenvalue weighted by molar-refractivity contribution is 5.97. The van der Waals surface area contributed by atoms with Crippen LogP contribution in [0.1, 0.15) is 22.3 Å². The Kier molecular flexibility index (Phi) is 4.67. The molecular weight excluding hydrogens is 330 g/mol. The molecule has 3 aliphatic heterocycles. The molecule has 3 saturated heterocycles. The van der Waals surface area contributed by atoms with E-state index in [1.807, 2.05) is 30.0 Å². The van der Waals surface area contributed by atoms with Gasteiger partial charge in [0, 0.05) is 43.3 Å². The summed E-state index contributed by atoms with van der Waals surface area (Å²) in [6.07, 6.45) is 1.04. The topological polar surface area (TPSA) is 45.2 Å². The molecular formula is C20H29N3O3. The van der Waals surface area contributed by atoms with Gasteiger partial charge < -0.3 is 19.3 Å². The van der Waals surface area contributed by atoms with Crippen molar-refractivity contribution in [3.8, 4) is 5.75 Å². The van der Waals surface area contributed by atoms with Crippen LogP contribution in [0.15, 0.2) is 18.2 Å². The number of methoxy groups -OCH3 is 1. The number of hydrogen-bond donors (Lipinski definition) is 0. The number of likely N-dealkylation sites (tertiary alicyclic amines) is 1. The van der Waals surface area contributed by atoms with Gasteiger partial charge in [0.15, 0.2) is 0 Å². The Balaban J connectivity index is 1.36. The highest BCUT2D eigenvalue weighted by Crippen LogP contribution is 2.38. The molecule has 6 nitrogen and oxygen atoms in total. The van der Waals surface area contributed by atoms with Gasteiger partial charge in [-0.15, -0.1) is 0 Å². The SMILES string of the molecule is COc1cccc(C(=O)N2CC3(CC(N4CCN(C)CC4)CO3)C2)c1C. The summed E-state index contributed by atoms with van der Waals surface area (Å²) >= 11 is 0. The van der Waals surface area contributed by atoms with E-state index < -0.39 is 0 Å². The van der Waals surface area contributed by atoms with Gasteiger partial charge in [-0.1, -0.05) is 6.07 Å². The standard InChI is InChI=1S/C20H29N3O3/c1-15-17(5-4-6-18(15)25-3)19(24)23-13-20(14-23)11-16(12-26-20)22-9-7-21(2)8-10-22/h4-6,16H,7-14H2,1-3H3. The summed E-state index contributed by atoms with van der Waals surface area (Å²) < 4.78 is 11.5. The first-order chi connectivity index (χ1) is 12.5. The third kappa shape index (κ3) is 3.10. The van der Waals surface area contributed by atoms with Crippen molar-refractivity contribution in [1.29, 1.82) is 0 Å². The number of likely N-dealkylation sites (N-methyl/N-ethyl adjacent to an activating group) is 1. The monoisotopic (exact) mass is 359 g/mol. The molecule has 3 heterocycles. The van der Waals surface area contributed by atoms with Gasteiger partial charge >= 0.3 is 0 Å². The second kappa shape index (κ2) is 6.83. The minimum Gasteiger partial charge on any atom is -0.496 e. The third-order valence-electron chi connectivity index (χ3n) is 6.22. The maximum atomic E-state index is 12.9. The van der Waals surface area contributed by atoms with E-state index in [0.29, 0.717) is 19.1 Å². The zero-order chi connectivity index (χ0) is 18.3. The molecule has 4 rings (SSSR count). The molecule has 1 aromatic rings. The average molecular weight is 359 g/mol.